The fraction of sp³-hybridized carbons (Fsp3) is 0.222. The SMILES string of the molecule is O=C(CCBr)Nc1cc(F)ccc1F. The topological polar surface area (TPSA) is 29.1 Å². The summed E-state index contributed by atoms with van der Waals surface area (Å²) in [6.45, 7) is 0. The minimum Gasteiger partial charge on any atom is -0.323 e. The number of hydrogen-bond acceptors (Lipinski definition) is 1. The van der Waals surface area contributed by atoms with E-state index in [0.717, 1.165) is 18.2 Å². The molecule has 1 rings (SSSR count). The van der Waals surface area contributed by atoms with Crippen molar-refractivity contribution < 1.29 is 13.6 Å². The number of hydrogen-bond donors (Lipinski definition) is 1. The fourth-order valence-electron chi connectivity index (χ4n) is 0.892. The first-order valence-electron chi connectivity index (χ1n) is 3.94. The van der Waals surface area contributed by atoms with E-state index in [2.05, 4.69) is 21.2 Å². The molecule has 1 N–H and O–H groups in total. The second-order valence-corrected chi connectivity index (χ2v) is 3.40. The van der Waals surface area contributed by atoms with E-state index in [-0.39, 0.29) is 18.0 Å². The third-order valence-corrected chi connectivity index (χ3v) is 1.92. The molecule has 0 heterocycles. The number of nitrogens with one attached hydrogen (secondary N) is 1. The zero-order valence-electron chi connectivity index (χ0n) is 7.19. The van der Waals surface area contributed by atoms with E-state index < -0.39 is 11.6 Å². The van der Waals surface area contributed by atoms with Crippen LogP contribution in [-0.4, -0.2) is 11.2 Å². The van der Waals surface area contributed by atoms with E-state index in [1.807, 2.05) is 0 Å². The van der Waals surface area contributed by atoms with Gasteiger partial charge in [-0.25, -0.2) is 8.78 Å². The normalized spacial score (nSPS) is 9.93. The lowest BCUT2D eigenvalue weighted by Gasteiger charge is -2.04. The van der Waals surface area contributed by atoms with Crippen LogP contribution >= 0.6 is 15.9 Å². The third-order valence-electron chi connectivity index (χ3n) is 1.52. The Bertz CT molecular complexity index is 344. The van der Waals surface area contributed by atoms with Crippen LogP contribution in [0.3, 0.4) is 0 Å². The Labute approximate surface area is 88.4 Å². The Morgan fingerprint density at radius 2 is 2.14 bits per heavy atom. The van der Waals surface area contributed by atoms with Crippen LogP contribution in [0.2, 0.25) is 0 Å². The molecule has 0 saturated heterocycles. The highest BCUT2D eigenvalue weighted by Crippen LogP contribution is 2.15. The maximum atomic E-state index is 13.0. The second-order valence-electron chi connectivity index (χ2n) is 2.61. The van der Waals surface area contributed by atoms with Crippen molar-refractivity contribution in [3.63, 3.8) is 0 Å². The highest BCUT2D eigenvalue weighted by molar-refractivity contribution is 9.09. The standard InChI is InChI=1S/C9H8BrF2NO/c10-4-3-9(14)13-8-5-6(11)1-2-7(8)12/h1-2,5H,3-4H2,(H,13,14). The molecule has 1 aromatic carbocycles. The van der Waals surface area contributed by atoms with Gasteiger partial charge in [0, 0.05) is 17.8 Å². The van der Waals surface area contributed by atoms with Crippen LogP contribution in [0.4, 0.5) is 14.5 Å². The molecular formula is C9H8BrF2NO. The van der Waals surface area contributed by atoms with E-state index in [0.29, 0.717) is 5.33 Å². The second kappa shape index (κ2) is 5.05. The van der Waals surface area contributed by atoms with Gasteiger partial charge in [0.05, 0.1) is 5.69 Å². The molecule has 0 atom stereocenters. The molecule has 0 aliphatic carbocycles. The summed E-state index contributed by atoms with van der Waals surface area (Å²) in [5.74, 6) is -1.58. The van der Waals surface area contributed by atoms with Crippen molar-refractivity contribution in [3.05, 3.63) is 29.8 Å². The van der Waals surface area contributed by atoms with Crippen LogP contribution < -0.4 is 5.32 Å². The first-order valence-corrected chi connectivity index (χ1v) is 5.06. The Morgan fingerprint density at radius 3 is 2.79 bits per heavy atom. The van der Waals surface area contributed by atoms with Crippen molar-refractivity contribution in [1.29, 1.82) is 0 Å². The summed E-state index contributed by atoms with van der Waals surface area (Å²) >= 11 is 3.07. The molecule has 1 aromatic rings. The molecule has 0 fully saturated rings. The van der Waals surface area contributed by atoms with Gasteiger partial charge < -0.3 is 5.32 Å². The van der Waals surface area contributed by atoms with E-state index in [4.69, 9.17) is 0 Å². The molecule has 2 nitrogen and oxygen atoms in total. The van der Waals surface area contributed by atoms with Crippen LogP contribution in [0, 0.1) is 11.6 Å². The van der Waals surface area contributed by atoms with Gasteiger partial charge in [0.15, 0.2) is 0 Å². The molecule has 0 bridgehead atoms. The largest absolute Gasteiger partial charge is 0.323 e. The molecule has 0 aromatic heterocycles. The molecule has 0 aliphatic heterocycles. The van der Waals surface area contributed by atoms with Gasteiger partial charge in [-0.05, 0) is 12.1 Å². The molecule has 1 amide bonds. The highest BCUT2D eigenvalue weighted by atomic mass is 79.9. The number of amides is 1. The smallest absolute Gasteiger partial charge is 0.225 e. The quantitative estimate of drug-likeness (QED) is 0.835. The van der Waals surface area contributed by atoms with Gasteiger partial charge in [-0.15, -0.1) is 0 Å². The van der Waals surface area contributed by atoms with Crippen molar-refractivity contribution in [2.75, 3.05) is 10.6 Å². The van der Waals surface area contributed by atoms with Crippen molar-refractivity contribution in [3.8, 4) is 0 Å². The average molecular weight is 264 g/mol. The van der Waals surface area contributed by atoms with Crippen LogP contribution in [0.5, 0.6) is 0 Å². The summed E-state index contributed by atoms with van der Waals surface area (Å²) in [6.07, 6.45) is 0.218. The number of benzene rings is 1. The minimum absolute atomic E-state index is 0.129. The maximum absolute atomic E-state index is 13.0. The Morgan fingerprint density at radius 1 is 1.43 bits per heavy atom. The zero-order chi connectivity index (χ0) is 10.6. The van der Waals surface area contributed by atoms with Gasteiger partial charge in [0.2, 0.25) is 5.91 Å². The van der Waals surface area contributed by atoms with Crippen LogP contribution in [0.25, 0.3) is 0 Å². The molecular weight excluding hydrogens is 256 g/mol. The van der Waals surface area contributed by atoms with E-state index >= 15 is 0 Å². The van der Waals surface area contributed by atoms with Crippen molar-refractivity contribution in [2.45, 2.75) is 6.42 Å². The number of carbonyl (C=O) groups is 1. The van der Waals surface area contributed by atoms with Crippen LogP contribution in [-0.2, 0) is 4.79 Å². The molecule has 76 valence electrons. The first-order chi connectivity index (χ1) is 6.63. The summed E-state index contributed by atoms with van der Waals surface area (Å²) in [5.41, 5.74) is -0.129. The summed E-state index contributed by atoms with van der Waals surface area (Å²) in [6, 6.07) is 2.91. The molecule has 0 unspecified atom stereocenters. The lowest BCUT2D eigenvalue weighted by molar-refractivity contribution is -0.115. The average Bonchev–Trinajstić information content (AvgIpc) is 2.12. The number of rotatable bonds is 3. The predicted molar refractivity (Wildman–Crippen MR) is 53.4 cm³/mol. The minimum atomic E-state index is -0.644. The molecule has 0 saturated carbocycles. The number of alkyl halides is 1. The Hall–Kier alpha value is -0.970. The number of carbonyl (C=O) groups excluding carboxylic acids is 1. The van der Waals surface area contributed by atoms with E-state index in [1.54, 1.807) is 0 Å². The van der Waals surface area contributed by atoms with Gasteiger partial charge in [0.1, 0.15) is 11.6 Å². The zero-order valence-corrected chi connectivity index (χ0v) is 8.77. The van der Waals surface area contributed by atoms with Gasteiger partial charge in [-0.3, -0.25) is 4.79 Å². The maximum Gasteiger partial charge on any atom is 0.225 e. The predicted octanol–water partition coefficient (Wildman–Crippen LogP) is 2.69. The highest BCUT2D eigenvalue weighted by Gasteiger charge is 2.06. The van der Waals surface area contributed by atoms with Gasteiger partial charge >= 0.3 is 0 Å². The van der Waals surface area contributed by atoms with Crippen LogP contribution in [0.1, 0.15) is 6.42 Å². The van der Waals surface area contributed by atoms with Crippen molar-refractivity contribution >= 4 is 27.5 Å². The lowest BCUT2D eigenvalue weighted by Crippen LogP contribution is -2.12. The van der Waals surface area contributed by atoms with Crippen molar-refractivity contribution in [2.24, 2.45) is 0 Å². The summed E-state index contributed by atoms with van der Waals surface area (Å²) in [7, 11) is 0. The van der Waals surface area contributed by atoms with Gasteiger partial charge in [-0.2, -0.15) is 0 Å². The number of halogens is 3. The molecule has 0 spiro atoms. The lowest BCUT2D eigenvalue weighted by atomic mass is 10.3. The molecule has 14 heavy (non-hydrogen) atoms. The van der Waals surface area contributed by atoms with Crippen LogP contribution in [0.15, 0.2) is 18.2 Å². The summed E-state index contributed by atoms with van der Waals surface area (Å²) in [5, 5.41) is 2.75. The summed E-state index contributed by atoms with van der Waals surface area (Å²) < 4.78 is 25.6. The third kappa shape index (κ3) is 3.06. The summed E-state index contributed by atoms with van der Waals surface area (Å²) in [4.78, 5) is 11.0. The van der Waals surface area contributed by atoms with Gasteiger partial charge in [-0.1, -0.05) is 15.9 Å². The molecule has 5 heteroatoms. The first kappa shape index (κ1) is 11.1. The van der Waals surface area contributed by atoms with Crippen molar-refractivity contribution in [1.82, 2.24) is 0 Å². The Kier molecular flexibility index (Phi) is 4.00. The molecule has 0 aliphatic rings. The molecule has 0 radical (unpaired) electrons. The van der Waals surface area contributed by atoms with E-state index in [9.17, 15) is 13.6 Å². The van der Waals surface area contributed by atoms with E-state index in [1.165, 1.54) is 0 Å². The number of anilines is 1. The fourth-order valence-corrected chi connectivity index (χ4v) is 1.25. The monoisotopic (exact) mass is 263 g/mol. The van der Waals surface area contributed by atoms with Gasteiger partial charge in [0.25, 0.3) is 0 Å². The Balaban J connectivity index is 2.75.